The Bertz CT molecular complexity index is 1720. The van der Waals surface area contributed by atoms with Crippen LogP contribution in [0.15, 0.2) is 43.1 Å². The molecule has 4 aromatic heterocycles. The van der Waals surface area contributed by atoms with Gasteiger partial charge in [0.1, 0.15) is 12.1 Å². The molecule has 0 radical (unpaired) electrons. The summed E-state index contributed by atoms with van der Waals surface area (Å²) in [5.41, 5.74) is 2.69. The smallest absolute Gasteiger partial charge is 0.209 e. The number of rotatable bonds is 7. The number of hydrogen-bond acceptors (Lipinski definition) is 9. The molecule has 2 aliphatic heterocycles. The van der Waals surface area contributed by atoms with Gasteiger partial charge in [-0.3, -0.25) is 9.36 Å². The number of benzene rings is 1. The Morgan fingerprint density at radius 2 is 1.96 bits per heavy atom. The molecule has 7 rings (SSSR count). The van der Waals surface area contributed by atoms with E-state index in [9.17, 15) is 4.79 Å². The maximum Gasteiger partial charge on any atom is 0.209 e. The van der Waals surface area contributed by atoms with Crippen molar-refractivity contribution < 1.29 is 9.53 Å². The second-order valence-corrected chi connectivity index (χ2v) is 11.6. The van der Waals surface area contributed by atoms with Gasteiger partial charge in [-0.1, -0.05) is 17.7 Å². The van der Waals surface area contributed by atoms with Gasteiger partial charge in [0.05, 0.1) is 29.4 Å². The number of methoxy groups -OCH3 is 1. The first kappa shape index (κ1) is 32.1. The van der Waals surface area contributed by atoms with Crippen molar-refractivity contribution in [1.82, 2.24) is 44.7 Å². The van der Waals surface area contributed by atoms with Crippen LogP contribution in [0.3, 0.4) is 0 Å². The molecule has 2 fully saturated rings. The van der Waals surface area contributed by atoms with Crippen LogP contribution in [0.4, 0.5) is 5.82 Å². The summed E-state index contributed by atoms with van der Waals surface area (Å²) in [4.78, 5) is 21.0. The van der Waals surface area contributed by atoms with E-state index in [1.165, 1.54) is 38.8 Å². The molecule has 238 valence electrons. The van der Waals surface area contributed by atoms with Crippen molar-refractivity contribution in [3.05, 3.63) is 59.4 Å². The van der Waals surface area contributed by atoms with Crippen molar-refractivity contribution in [3.8, 4) is 11.6 Å². The third-order valence-corrected chi connectivity index (χ3v) is 8.31. The molecule has 5 aromatic rings. The lowest BCUT2D eigenvalue weighted by Gasteiger charge is -2.13. The van der Waals surface area contributed by atoms with E-state index in [0.29, 0.717) is 35.0 Å². The molecule has 13 heteroatoms. The molecule has 1 amide bonds. The third-order valence-electron chi connectivity index (χ3n) is 8.02. The number of aryl methyl sites for hydroxylation is 2. The highest BCUT2D eigenvalue weighted by Crippen LogP contribution is 2.32. The first-order valence-corrected chi connectivity index (χ1v) is 15.8. The number of fused-ring (bicyclic) bond motifs is 3. The van der Waals surface area contributed by atoms with Gasteiger partial charge in [-0.2, -0.15) is 5.10 Å². The van der Waals surface area contributed by atoms with Gasteiger partial charge in [-0.25, -0.2) is 14.6 Å². The number of nitrogens with one attached hydrogen (secondary N) is 2. The molecule has 0 bridgehead atoms. The number of hydrogen-bond donors (Lipinski definition) is 2. The number of imidazole rings is 1. The zero-order chi connectivity index (χ0) is 31.8. The van der Waals surface area contributed by atoms with Gasteiger partial charge in [0.2, 0.25) is 6.41 Å². The average molecular weight is 633 g/mol. The minimum atomic E-state index is 0.493. The summed E-state index contributed by atoms with van der Waals surface area (Å²) in [6.07, 6.45) is 13.4. The highest BCUT2D eigenvalue weighted by Gasteiger charge is 2.18. The lowest BCUT2D eigenvalue weighted by atomic mass is 10.1. The average Bonchev–Trinajstić information content (AvgIpc) is 3.89. The van der Waals surface area contributed by atoms with Gasteiger partial charge >= 0.3 is 0 Å². The summed E-state index contributed by atoms with van der Waals surface area (Å²) in [6.45, 7) is 10.8. The maximum absolute atomic E-state index is 10.1. The predicted octanol–water partition coefficient (Wildman–Crippen LogP) is 5.16. The SMILES string of the molecule is C1CCNC1.CCn1ncc2c3c(NCc4ccc(OC)c(Cl)c4)nnc(-n4cnc(C)c4)c3cnc21.C[C@@H]1CCCN1C=O. The number of amides is 1. The lowest BCUT2D eigenvalue weighted by molar-refractivity contribution is -0.118. The van der Waals surface area contributed by atoms with Crippen LogP contribution in [-0.4, -0.2) is 78.6 Å². The number of anilines is 1. The van der Waals surface area contributed by atoms with Crippen molar-refractivity contribution >= 4 is 45.6 Å². The molecule has 1 atom stereocenters. The van der Waals surface area contributed by atoms with Crippen LogP contribution in [0.25, 0.3) is 27.6 Å². The van der Waals surface area contributed by atoms with Crippen LogP contribution in [0.5, 0.6) is 5.75 Å². The Labute approximate surface area is 268 Å². The van der Waals surface area contributed by atoms with E-state index in [-0.39, 0.29) is 0 Å². The Morgan fingerprint density at radius 1 is 1.13 bits per heavy atom. The summed E-state index contributed by atoms with van der Waals surface area (Å²) >= 11 is 6.29. The maximum atomic E-state index is 10.1. The van der Waals surface area contributed by atoms with E-state index in [0.717, 1.165) is 52.6 Å². The molecule has 0 aliphatic carbocycles. The summed E-state index contributed by atoms with van der Waals surface area (Å²) < 4.78 is 8.96. The minimum absolute atomic E-state index is 0.493. The van der Waals surface area contributed by atoms with Gasteiger partial charge in [-0.05, 0) is 77.2 Å². The molecule has 0 spiro atoms. The monoisotopic (exact) mass is 632 g/mol. The molecule has 2 N–H and O–H groups in total. The number of halogens is 1. The number of carbonyl (C=O) groups excluding carboxylic acids is 1. The van der Waals surface area contributed by atoms with Gasteiger partial charge in [-0.15, -0.1) is 10.2 Å². The standard InChI is InChI=1S/C22H21ClN8O.C6H11NO.C4H9N/c1-4-31-21-16(10-27-31)19-15(9-25-21)22(30-11-13(2)26-12-30)29-28-20(19)24-8-14-5-6-18(32-3)17(23)7-14;1-6-3-2-4-7(6)5-8;1-2-4-5-3-1/h5-7,9-12H,4,8H2,1-3H3,(H,24,28);5-6H,2-4H2,1H3;5H,1-4H2/t;6-;/m.1./s1. The normalized spacial score (nSPS) is 15.8. The third kappa shape index (κ3) is 7.51. The quantitative estimate of drug-likeness (QED) is 0.234. The zero-order valence-electron chi connectivity index (χ0n) is 26.3. The second kappa shape index (κ2) is 15.1. The molecule has 2 saturated heterocycles. The Kier molecular flexibility index (Phi) is 10.8. The number of carbonyl (C=O) groups is 1. The van der Waals surface area contributed by atoms with E-state index in [1.54, 1.807) is 13.4 Å². The molecule has 0 saturated carbocycles. The summed E-state index contributed by atoms with van der Waals surface area (Å²) in [6, 6.07) is 6.17. The summed E-state index contributed by atoms with van der Waals surface area (Å²) in [5, 5.41) is 23.3. The first-order valence-electron chi connectivity index (χ1n) is 15.4. The highest BCUT2D eigenvalue weighted by atomic mass is 35.5. The van der Waals surface area contributed by atoms with Crippen LogP contribution in [0.1, 0.15) is 50.8 Å². The fourth-order valence-electron chi connectivity index (χ4n) is 5.48. The minimum Gasteiger partial charge on any atom is -0.495 e. The Balaban J connectivity index is 0.000000254. The second-order valence-electron chi connectivity index (χ2n) is 11.2. The van der Waals surface area contributed by atoms with Gasteiger partial charge in [0.25, 0.3) is 0 Å². The van der Waals surface area contributed by atoms with Crippen molar-refractivity contribution in [2.24, 2.45) is 0 Å². The summed E-state index contributed by atoms with van der Waals surface area (Å²) in [5.74, 6) is 1.95. The molecule has 6 heterocycles. The molecular formula is C32H41ClN10O2. The number of ether oxygens (including phenoxy) is 1. The molecule has 12 nitrogen and oxygen atoms in total. The Morgan fingerprint density at radius 3 is 2.53 bits per heavy atom. The van der Waals surface area contributed by atoms with Crippen molar-refractivity contribution in [2.75, 3.05) is 32.1 Å². The zero-order valence-corrected chi connectivity index (χ0v) is 27.1. The fraction of sp³-hybridized carbons (Fsp3) is 0.438. The molecule has 45 heavy (non-hydrogen) atoms. The summed E-state index contributed by atoms with van der Waals surface area (Å²) in [7, 11) is 1.60. The molecule has 1 aromatic carbocycles. The molecule has 2 aliphatic rings. The van der Waals surface area contributed by atoms with Crippen LogP contribution >= 0.6 is 11.6 Å². The van der Waals surface area contributed by atoms with E-state index < -0.39 is 0 Å². The largest absolute Gasteiger partial charge is 0.495 e. The van der Waals surface area contributed by atoms with Crippen LogP contribution < -0.4 is 15.4 Å². The number of pyridine rings is 1. The van der Waals surface area contributed by atoms with Crippen molar-refractivity contribution in [2.45, 2.75) is 65.6 Å². The van der Waals surface area contributed by atoms with E-state index in [2.05, 4.69) is 42.8 Å². The number of aromatic nitrogens is 7. The van der Waals surface area contributed by atoms with E-state index >= 15 is 0 Å². The van der Waals surface area contributed by atoms with Crippen LogP contribution in [0, 0.1) is 6.92 Å². The van der Waals surface area contributed by atoms with E-state index in [1.807, 2.05) is 64.8 Å². The van der Waals surface area contributed by atoms with Crippen LogP contribution in [-0.2, 0) is 17.9 Å². The molecular weight excluding hydrogens is 592 g/mol. The lowest BCUT2D eigenvalue weighted by Crippen LogP contribution is -2.24. The van der Waals surface area contributed by atoms with Gasteiger partial charge in [0, 0.05) is 48.8 Å². The Hall–Kier alpha value is -4.29. The first-order chi connectivity index (χ1) is 21.9. The van der Waals surface area contributed by atoms with Crippen molar-refractivity contribution in [1.29, 1.82) is 0 Å². The van der Waals surface area contributed by atoms with Crippen molar-refractivity contribution in [3.63, 3.8) is 0 Å². The van der Waals surface area contributed by atoms with Crippen LogP contribution in [0.2, 0.25) is 5.02 Å². The fourth-order valence-corrected chi connectivity index (χ4v) is 5.76. The number of likely N-dealkylation sites (tertiary alicyclic amines) is 1. The highest BCUT2D eigenvalue weighted by molar-refractivity contribution is 6.32. The topological polar surface area (TPSA) is 128 Å². The van der Waals surface area contributed by atoms with Gasteiger partial charge in [0.15, 0.2) is 17.3 Å². The van der Waals surface area contributed by atoms with Gasteiger partial charge < -0.3 is 20.3 Å². The predicted molar refractivity (Wildman–Crippen MR) is 177 cm³/mol. The molecule has 0 unspecified atom stereocenters. The number of nitrogens with zero attached hydrogens (tertiary/aromatic N) is 8. The van der Waals surface area contributed by atoms with E-state index in [4.69, 9.17) is 16.3 Å².